The Hall–Kier alpha value is -1.46. The molecule has 0 saturated carbocycles. The summed E-state index contributed by atoms with van der Waals surface area (Å²) >= 11 is 11.7. The van der Waals surface area contributed by atoms with Gasteiger partial charge in [-0.25, -0.2) is 4.79 Å². The average molecular weight is 334 g/mol. The fraction of sp³-hybridized carbons (Fsp3) is 0.429. The van der Waals surface area contributed by atoms with Crippen molar-refractivity contribution in [3.05, 3.63) is 28.2 Å². The Morgan fingerprint density at radius 1 is 1.29 bits per heavy atom. The SMILES string of the molecule is COC(=O)[C@H](NC(=O)COc1ccc(Cl)cc1Cl)C(C)C. The van der Waals surface area contributed by atoms with Crippen molar-refractivity contribution >= 4 is 35.1 Å². The van der Waals surface area contributed by atoms with Crippen molar-refractivity contribution in [2.45, 2.75) is 19.9 Å². The van der Waals surface area contributed by atoms with Gasteiger partial charge in [-0.1, -0.05) is 37.0 Å². The third kappa shape index (κ3) is 5.44. The summed E-state index contributed by atoms with van der Waals surface area (Å²) < 4.78 is 9.93. The molecule has 1 atom stereocenters. The molecule has 1 aromatic carbocycles. The van der Waals surface area contributed by atoms with Crippen molar-refractivity contribution in [1.82, 2.24) is 5.32 Å². The number of halogens is 2. The van der Waals surface area contributed by atoms with Gasteiger partial charge < -0.3 is 14.8 Å². The van der Waals surface area contributed by atoms with Crippen molar-refractivity contribution in [2.75, 3.05) is 13.7 Å². The van der Waals surface area contributed by atoms with E-state index >= 15 is 0 Å². The first-order valence-corrected chi connectivity index (χ1v) is 7.05. The van der Waals surface area contributed by atoms with Crippen LogP contribution in [0.5, 0.6) is 5.75 Å². The van der Waals surface area contributed by atoms with Crippen LogP contribution in [0, 0.1) is 5.92 Å². The van der Waals surface area contributed by atoms with Crippen LogP contribution in [-0.2, 0) is 14.3 Å². The first kappa shape index (κ1) is 17.6. The van der Waals surface area contributed by atoms with Gasteiger partial charge in [0.2, 0.25) is 0 Å². The average Bonchev–Trinajstić information content (AvgIpc) is 2.42. The van der Waals surface area contributed by atoms with Crippen LogP contribution in [0.2, 0.25) is 10.0 Å². The fourth-order valence-corrected chi connectivity index (χ4v) is 2.04. The molecule has 0 spiro atoms. The highest BCUT2D eigenvalue weighted by molar-refractivity contribution is 6.35. The van der Waals surface area contributed by atoms with E-state index in [2.05, 4.69) is 10.1 Å². The largest absolute Gasteiger partial charge is 0.482 e. The Morgan fingerprint density at radius 3 is 2.48 bits per heavy atom. The van der Waals surface area contributed by atoms with Crippen molar-refractivity contribution in [2.24, 2.45) is 5.92 Å². The Kier molecular flexibility index (Phi) is 6.78. The smallest absolute Gasteiger partial charge is 0.328 e. The molecule has 0 aliphatic rings. The molecule has 5 nitrogen and oxygen atoms in total. The maximum Gasteiger partial charge on any atom is 0.328 e. The molecule has 0 aliphatic heterocycles. The molecule has 0 aliphatic carbocycles. The summed E-state index contributed by atoms with van der Waals surface area (Å²) in [7, 11) is 1.27. The Labute approximate surface area is 133 Å². The normalized spacial score (nSPS) is 11.9. The molecule has 0 fully saturated rings. The lowest BCUT2D eigenvalue weighted by Crippen LogP contribution is -2.46. The van der Waals surface area contributed by atoms with E-state index < -0.39 is 17.9 Å². The molecule has 116 valence electrons. The molecular formula is C14H17Cl2NO4. The molecule has 0 bridgehead atoms. The van der Waals surface area contributed by atoms with Crippen LogP contribution in [0.25, 0.3) is 0 Å². The summed E-state index contributed by atoms with van der Waals surface area (Å²) in [5.41, 5.74) is 0. The number of benzene rings is 1. The molecule has 0 heterocycles. The van der Waals surface area contributed by atoms with E-state index in [1.807, 2.05) is 0 Å². The molecule has 1 N–H and O–H groups in total. The molecular weight excluding hydrogens is 317 g/mol. The van der Waals surface area contributed by atoms with E-state index in [4.69, 9.17) is 27.9 Å². The molecule has 0 radical (unpaired) electrons. The standard InChI is InChI=1S/C14H17Cl2NO4/c1-8(2)13(14(19)20-3)17-12(18)7-21-11-5-4-9(15)6-10(11)16/h4-6,8,13H,7H2,1-3H3,(H,17,18)/t13-/m1/s1. The maximum absolute atomic E-state index is 11.8. The number of carbonyl (C=O) groups excluding carboxylic acids is 2. The van der Waals surface area contributed by atoms with Gasteiger partial charge in [0.05, 0.1) is 12.1 Å². The number of carbonyl (C=O) groups is 2. The number of ether oxygens (including phenoxy) is 2. The second kappa shape index (κ2) is 8.10. The van der Waals surface area contributed by atoms with Crippen molar-refractivity contribution in [3.63, 3.8) is 0 Å². The summed E-state index contributed by atoms with van der Waals surface area (Å²) in [6.45, 7) is 3.35. The predicted octanol–water partition coefficient (Wildman–Crippen LogP) is 2.69. The molecule has 0 aromatic heterocycles. The summed E-state index contributed by atoms with van der Waals surface area (Å²) in [6.07, 6.45) is 0. The van der Waals surface area contributed by atoms with Crippen LogP contribution in [0.1, 0.15) is 13.8 Å². The lowest BCUT2D eigenvalue weighted by atomic mass is 10.0. The van der Waals surface area contributed by atoms with Crippen LogP contribution < -0.4 is 10.1 Å². The minimum absolute atomic E-state index is 0.0967. The summed E-state index contributed by atoms with van der Waals surface area (Å²) in [4.78, 5) is 23.4. The van der Waals surface area contributed by atoms with Gasteiger partial charge in [-0.15, -0.1) is 0 Å². The molecule has 7 heteroatoms. The topological polar surface area (TPSA) is 64.6 Å². The van der Waals surface area contributed by atoms with E-state index in [0.29, 0.717) is 15.8 Å². The van der Waals surface area contributed by atoms with Gasteiger partial charge in [-0.3, -0.25) is 4.79 Å². The number of methoxy groups -OCH3 is 1. The van der Waals surface area contributed by atoms with Crippen LogP contribution >= 0.6 is 23.2 Å². The number of nitrogens with one attached hydrogen (secondary N) is 1. The third-order valence-electron chi connectivity index (χ3n) is 2.69. The summed E-state index contributed by atoms with van der Waals surface area (Å²) in [6, 6.07) is 3.97. The second-order valence-electron chi connectivity index (χ2n) is 4.68. The first-order valence-electron chi connectivity index (χ1n) is 6.30. The van der Waals surface area contributed by atoms with Crippen LogP contribution in [0.3, 0.4) is 0 Å². The molecule has 1 aromatic rings. The van der Waals surface area contributed by atoms with Gasteiger partial charge in [-0.2, -0.15) is 0 Å². The third-order valence-corrected chi connectivity index (χ3v) is 3.22. The predicted molar refractivity (Wildman–Crippen MR) is 80.7 cm³/mol. The van der Waals surface area contributed by atoms with Crippen LogP contribution in [-0.4, -0.2) is 31.6 Å². The zero-order valence-electron chi connectivity index (χ0n) is 12.0. The second-order valence-corrected chi connectivity index (χ2v) is 5.52. The Morgan fingerprint density at radius 2 is 1.95 bits per heavy atom. The van der Waals surface area contributed by atoms with Gasteiger partial charge in [0.1, 0.15) is 11.8 Å². The maximum atomic E-state index is 11.8. The van der Waals surface area contributed by atoms with Crippen LogP contribution in [0.4, 0.5) is 0 Å². The minimum Gasteiger partial charge on any atom is -0.482 e. The molecule has 1 rings (SSSR count). The molecule has 0 unspecified atom stereocenters. The zero-order chi connectivity index (χ0) is 16.0. The highest BCUT2D eigenvalue weighted by atomic mass is 35.5. The fourth-order valence-electron chi connectivity index (χ4n) is 1.58. The number of hydrogen-bond donors (Lipinski definition) is 1. The Balaban J connectivity index is 2.58. The monoisotopic (exact) mass is 333 g/mol. The van der Waals surface area contributed by atoms with E-state index in [1.165, 1.54) is 13.2 Å². The number of hydrogen-bond acceptors (Lipinski definition) is 4. The Bertz CT molecular complexity index is 520. The first-order chi connectivity index (χ1) is 9.85. The van der Waals surface area contributed by atoms with E-state index in [9.17, 15) is 9.59 Å². The van der Waals surface area contributed by atoms with Gasteiger partial charge in [0, 0.05) is 5.02 Å². The van der Waals surface area contributed by atoms with Gasteiger partial charge >= 0.3 is 5.97 Å². The number of rotatable bonds is 6. The van der Waals surface area contributed by atoms with Crippen LogP contribution in [0.15, 0.2) is 18.2 Å². The summed E-state index contributed by atoms with van der Waals surface area (Å²) in [5.74, 6) is -0.691. The van der Waals surface area contributed by atoms with Crippen molar-refractivity contribution < 1.29 is 19.1 Å². The van der Waals surface area contributed by atoms with E-state index in [0.717, 1.165) is 0 Å². The van der Waals surface area contributed by atoms with Gasteiger partial charge in [0.25, 0.3) is 5.91 Å². The van der Waals surface area contributed by atoms with Crippen molar-refractivity contribution in [3.8, 4) is 5.75 Å². The highest BCUT2D eigenvalue weighted by Gasteiger charge is 2.25. The minimum atomic E-state index is -0.716. The quantitative estimate of drug-likeness (QED) is 0.813. The highest BCUT2D eigenvalue weighted by Crippen LogP contribution is 2.27. The summed E-state index contributed by atoms with van der Waals surface area (Å²) in [5, 5.41) is 3.34. The lowest BCUT2D eigenvalue weighted by molar-refractivity contribution is -0.146. The number of esters is 1. The lowest BCUT2D eigenvalue weighted by Gasteiger charge is -2.19. The van der Waals surface area contributed by atoms with Gasteiger partial charge in [0.15, 0.2) is 6.61 Å². The van der Waals surface area contributed by atoms with Crippen molar-refractivity contribution in [1.29, 1.82) is 0 Å². The zero-order valence-corrected chi connectivity index (χ0v) is 13.5. The molecule has 1 amide bonds. The molecule has 21 heavy (non-hydrogen) atoms. The molecule has 0 saturated heterocycles. The van der Waals surface area contributed by atoms with E-state index in [1.54, 1.807) is 26.0 Å². The van der Waals surface area contributed by atoms with E-state index in [-0.39, 0.29) is 12.5 Å². The number of amides is 1. The van der Waals surface area contributed by atoms with Gasteiger partial charge in [-0.05, 0) is 24.1 Å².